The number of pyridine rings is 1. The first-order valence-corrected chi connectivity index (χ1v) is 9.85. The molecule has 2 fully saturated rings. The molecule has 0 spiro atoms. The molecule has 0 saturated carbocycles. The highest BCUT2D eigenvalue weighted by Gasteiger charge is 2.42. The minimum Gasteiger partial charge on any atom is -0.497 e. The van der Waals surface area contributed by atoms with Gasteiger partial charge in [-0.15, -0.1) is 0 Å². The monoisotopic (exact) mass is 381 g/mol. The van der Waals surface area contributed by atoms with E-state index in [1.54, 1.807) is 32.4 Å². The van der Waals surface area contributed by atoms with E-state index in [0.29, 0.717) is 28.9 Å². The number of ether oxygens (including phenoxy) is 2. The van der Waals surface area contributed by atoms with Gasteiger partial charge in [0.2, 0.25) is 0 Å². The zero-order chi connectivity index (χ0) is 19.7. The normalized spacial score (nSPS) is 21.0. The molecule has 2 unspecified atom stereocenters. The van der Waals surface area contributed by atoms with Gasteiger partial charge in [-0.1, -0.05) is 13.0 Å². The molecule has 1 amide bonds. The second-order valence-electron chi connectivity index (χ2n) is 7.54. The molecule has 6 heteroatoms. The summed E-state index contributed by atoms with van der Waals surface area (Å²) in [4.78, 5) is 22.2. The van der Waals surface area contributed by atoms with E-state index in [-0.39, 0.29) is 5.91 Å². The van der Waals surface area contributed by atoms with Gasteiger partial charge in [0.1, 0.15) is 17.3 Å². The van der Waals surface area contributed by atoms with Crippen LogP contribution in [0, 0.1) is 11.8 Å². The molecule has 0 N–H and O–H groups in total. The first kappa shape index (κ1) is 18.6. The van der Waals surface area contributed by atoms with E-state index in [1.807, 2.05) is 4.90 Å². The van der Waals surface area contributed by atoms with Gasteiger partial charge in [0.25, 0.3) is 5.91 Å². The smallest absolute Gasteiger partial charge is 0.257 e. The van der Waals surface area contributed by atoms with Crippen LogP contribution >= 0.6 is 0 Å². The van der Waals surface area contributed by atoms with Crippen molar-refractivity contribution in [2.75, 3.05) is 45.3 Å². The van der Waals surface area contributed by atoms with E-state index in [1.165, 1.54) is 0 Å². The predicted molar refractivity (Wildman–Crippen MR) is 108 cm³/mol. The van der Waals surface area contributed by atoms with Gasteiger partial charge in [-0.3, -0.25) is 4.79 Å². The third-order valence-corrected chi connectivity index (χ3v) is 5.89. The zero-order valence-electron chi connectivity index (χ0n) is 16.7. The van der Waals surface area contributed by atoms with Gasteiger partial charge in [-0.05, 0) is 30.7 Å². The molecule has 3 heterocycles. The largest absolute Gasteiger partial charge is 0.497 e. The van der Waals surface area contributed by atoms with Gasteiger partial charge < -0.3 is 19.3 Å². The van der Waals surface area contributed by atoms with Crippen molar-refractivity contribution in [3.63, 3.8) is 0 Å². The average molecular weight is 381 g/mol. The molecule has 0 aliphatic carbocycles. The minimum atomic E-state index is 0.0339. The lowest BCUT2D eigenvalue weighted by Crippen LogP contribution is -2.33. The molecule has 1 aromatic heterocycles. The number of likely N-dealkylation sites (tertiary alicyclic amines) is 1. The maximum absolute atomic E-state index is 13.1. The summed E-state index contributed by atoms with van der Waals surface area (Å²) in [5.74, 6) is 3.31. The molecule has 2 aliphatic heterocycles. The third kappa shape index (κ3) is 3.39. The van der Waals surface area contributed by atoms with E-state index in [4.69, 9.17) is 14.5 Å². The number of aryl methyl sites for hydroxylation is 1. The zero-order valence-corrected chi connectivity index (χ0v) is 16.7. The highest BCUT2D eigenvalue weighted by Crippen LogP contribution is 2.35. The fourth-order valence-corrected chi connectivity index (χ4v) is 4.33. The number of benzene rings is 1. The summed E-state index contributed by atoms with van der Waals surface area (Å²) in [6.07, 6.45) is 0.945. The Labute approximate surface area is 166 Å². The highest BCUT2D eigenvalue weighted by atomic mass is 16.5. The molecule has 4 rings (SSSR count). The molecule has 0 radical (unpaired) electrons. The number of anilines is 1. The Kier molecular flexibility index (Phi) is 5.11. The maximum atomic E-state index is 13.1. The van der Waals surface area contributed by atoms with Crippen molar-refractivity contribution in [3.05, 3.63) is 47.7 Å². The Morgan fingerprint density at radius 1 is 1.07 bits per heavy atom. The number of aromatic nitrogens is 1. The molecule has 28 heavy (non-hydrogen) atoms. The lowest BCUT2D eigenvalue weighted by molar-refractivity contribution is 0.0779. The summed E-state index contributed by atoms with van der Waals surface area (Å²) in [5, 5.41) is 0. The highest BCUT2D eigenvalue weighted by molar-refractivity contribution is 5.97. The van der Waals surface area contributed by atoms with Crippen LogP contribution in [0.25, 0.3) is 0 Å². The molecule has 148 valence electrons. The summed E-state index contributed by atoms with van der Waals surface area (Å²) in [6.45, 7) is 5.59. The Bertz CT molecular complexity index is 856. The molecule has 0 bridgehead atoms. The van der Waals surface area contributed by atoms with Crippen LogP contribution in [0.15, 0.2) is 36.4 Å². The number of methoxy groups -OCH3 is 2. The number of carbonyl (C=O) groups is 1. The quantitative estimate of drug-likeness (QED) is 0.797. The van der Waals surface area contributed by atoms with E-state index in [2.05, 4.69) is 30.0 Å². The van der Waals surface area contributed by atoms with Crippen LogP contribution in [0.1, 0.15) is 23.0 Å². The molecule has 2 aliphatic rings. The molecular formula is C22H27N3O3. The van der Waals surface area contributed by atoms with Crippen LogP contribution < -0.4 is 14.4 Å². The molecule has 2 saturated heterocycles. The first-order chi connectivity index (χ1) is 13.6. The maximum Gasteiger partial charge on any atom is 0.257 e. The first-order valence-electron chi connectivity index (χ1n) is 9.85. The standard InChI is InChI=1S/C22H27N3O3/c1-4-17-6-5-7-21(23-17)24-11-15-13-25(14-16(15)12-24)22(26)19-9-8-18(27-2)10-20(19)28-3/h5-10,15-16H,4,11-14H2,1-3H3. The van der Waals surface area contributed by atoms with Crippen LogP contribution in [0.5, 0.6) is 11.5 Å². The fourth-order valence-electron chi connectivity index (χ4n) is 4.33. The molecule has 6 nitrogen and oxygen atoms in total. The SMILES string of the molecule is CCc1cccc(N2CC3CN(C(=O)c4ccc(OC)cc4OC)CC3C2)n1. The van der Waals surface area contributed by atoms with Gasteiger partial charge in [0.05, 0.1) is 19.8 Å². The van der Waals surface area contributed by atoms with Gasteiger partial charge in [-0.2, -0.15) is 0 Å². The van der Waals surface area contributed by atoms with Crippen molar-refractivity contribution in [1.82, 2.24) is 9.88 Å². The Morgan fingerprint density at radius 2 is 1.82 bits per heavy atom. The Morgan fingerprint density at radius 3 is 2.46 bits per heavy atom. The van der Waals surface area contributed by atoms with E-state index < -0.39 is 0 Å². The van der Waals surface area contributed by atoms with Gasteiger partial charge in [-0.25, -0.2) is 4.98 Å². The van der Waals surface area contributed by atoms with Gasteiger partial charge >= 0.3 is 0 Å². The number of amides is 1. The predicted octanol–water partition coefficient (Wildman–Crippen LogP) is 2.87. The van der Waals surface area contributed by atoms with Crippen LogP contribution in [-0.4, -0.2) is 56.2 Å². The summed E-state index contributed by atoms with van der Waals surface area (Å²) >= 11 is 0. The third-order valence-electron chi connectivity index (χ3n) is 5.89. The lowest BCUT2D eigenvalue weighted by atomic mass is 10.0. The van der Waals surface area contributed by atoms with Crippen molar-refractivity contribution < 1.29 is 14.3 Å². The van der Waals surface area contributed by atoms with Crippen molar-refractivity contribution in [2.24, 2.45) is 11.8 Å². The minimum absolute atomic E-state index is 0.0339. The van der Waals surface area contributed by atoms with Crippen molar-refractivity contribution >= 4 is 11.7 Å². The number of nitrogens with zero attached hydrogens (tertiary/aromatic N) is 3. The average Bonchev–Trinajstić information content (AvgIpc) is 3.32. The topological polar surface area (TPSA) is 54.9 Å². The fraction of sp³-hybridized carbons (Fsp3) is 0.455. The van der Waals surface area contributed by atoms with E-state index >= 15 is 0 Å². The molecule has 2 atom stereocenters. The van der Waals surface area contributed by atoms with Crippen LogP contribution in [0.3, 0.4) is 0 Å². The number of carbonyl (C=O) groups excluding carboxylic acids is 1. The van der Waals surface area contributed by atoms with Crippen molar-refractivity contribution in [2.45, 2.75) is 13.3 Å². The van der Waals surface area contributed by atoms with Crippen LogP contribution in [0.2, 0.25) is 0 Å². The van der Waals surface area contributed by atoms with Gasteiger partial charge in [0, 0.05) is 49.8 Å². The van der Waals surface area contributed by atoms with Crippen LogP contribution in [0.4, 0.5) is 5.82 Å². The summed E-state index contributed by atoms with van der Waals surface area (Å²) in [6, 6.07) is 11.6. The van der Waals surface area contributed by atoms with Gasteiger partial charge in [0.15, 0.2) is 0 Å². The molecule has 2 aromatic rings. The number of hydrogen-bond donors (Lipinski definition) is 0. The second kappa shape index (κ2) is 7.70. The van der Waals surface area contributed by atoms with Crippen molar-refractivity contribution in [1.29, 1.82) is 0 Å². The van der Waals surface area contributed by atoms with Crippen molar-refractivity contribution in [3.8, 4) is 11.5 Å². The lowest BCUT2D eigenvalue weighted by Gasteiger charge is -2.23. The summed E-state index contributed by atoms with van der Waals surface area (Å²) in [5.41, 5.74) is 1.72. The van der Waals surface area contributed by atoms with E-state index in [0.717, 1.165) is 44.1 Å². The van der Waals surface area contributed by atoms with E-state index in [9.17, 15) is 4.79 Å². The number of hydrogen-bond acceptors (Lipinski definition) is 5. The number of fused-ring (bicyclic) bond motifs is 1. The molecular weight excluding hydrogens is 354 g/mol. The number of rotatable bonds is 5. The summed E-state index contributed by atoms with van der Waals surface area (Å²) < 4.78 is 10.6. The second-order valence-corrected chi connectivity index (χ2v) is 7.54. The summed E-state index contributed by atoms with van der Waals surface area (Å²) in [7, 11) is 3.19. The Balaban J connectivity index is 1.44. The van der Waals surface area contributed by atoms with Crippen LogP contribution in [-0.2, 0) is 6.42 Å². The Hall–Kier alpha value is -2.76. The molecule has 1 aromatic carbocycles.